The molecule has 1 fully saturated rings. The fourth-order valence-corrected chi connectivity index (χ4v) is 2.78. The molecule has 0 heterocycles. The van der Waals surface area contributed by atoms with Crippen molar-refractivity contribution in [3.8, 4) is 6.07 Å². The number of halogens is 1. The summed E-state index contributed by atoms with van der Waals surface area (Å²) in [4.78, 5) is 0. The van der Waals surface area contributed by atoms with Crippen molar-refractivity contribution in [2.45, 2.75) is 51.6 Å². The lowest BCUT2D eigenvalue weighted by atomic mass is 9.72. The highest BCUT2D eigenvalue weighted by molar-refractivity contribution is 5.17. The van der Waals surface area contributed by atoms with Gasteiger partial charge in [0.25, 0.3) is 0 Å². The molecule has 19 heavy (non-hydrogen) atoms. The van der Waals surface area contributed by atoms with Crippen LogP contribution in [0, 0.1) is 22.6 Å². The predicted octanol–water partition coefficient (Wildman–Crippen LogP) is 3.78. The maximum absolute atomic E-state index is 13.5. The van der Waals surface area contributed by atoms with Gasteiger partial charge in [-0.2, -0.15) is 5.26 Å². The van der Waals surface area contributed by atoms with Crippen LogP contribution in [0.5, 0.6) is 0 Å². The van der Waals surface area contributed by atoms with Crippen molar-refractivity contribution in [1.29, 1.82) is 5.26 Å². The van der Waals surface area contributed by atoms with Crippen LogP contribution in [0.4, 0.5) is 4.39 Å². The van der Waals surface area contributed by atoms with Crippen LogP contribution in [0.1, 0.15) is 44.6 Å². The summed E-state index contributed by atoms with van der Waals surface area (Å²) in [5, 5.41) is 12.3. The zero-order valence-electron chi connectivity index (χ0n) is 11.5. The zero-order chi connectivity index (χ0) is 13.7. The lowest BCUT2D eigenvalue weighted by Crippen LogP contribution is -2.36. The second-order valence-electron chi connectivity index (χ2n) is 5.89. The molecular weight excluding hydrogens is 239 g/mol. The number of hydrogen-bond acceptors (Lipinski definition) is 2. The van der Waals surface area contributed by atoms with E-state index in [0.29, 0.717) is 19.0 Å². The monoisotopic (exact) mass is 260 g/mol. The zero-order valence-corrected chi connectivity index (χ0v) is 11.5. The van der Waals surface area contributed by atoms with Gasteiger partial charge in [0.15, 0.2) is 0 Å². The topological polar surface area (TPSA) is 35.8 Å². The molecule has 0 radical (unpaired) electrons. The lowest BCUT2D eigenvalue weighted by molar-refractivity contribution is 0.188. The fourth-order valence-electron chi connectivity index (χ4n) is 2.78. The van der Waals surface area contributed by atoms with Crippen molar-refractivity contribution in [3.63, 3.8) is 0 Å². The van der Waals surface area contributed by atoms with Crippen molar-refractivity contribution >= 4 is 0 Å². The summed E-state index contributed by atoms with van der Waals surface area (Å²) in [5.74, 6) is -0.139. The van der Waals surface area contributed by atoms with E-state index in [4.69, 9.17) is 5.26 Å². The first-order valence-corrected chi connectivity index (χ1v) is 6.97. The minimum Gasteiger partial charge on any atom is -0.310 e. The maximum atomic E-state index is 13.5. The van der Waals surface area contributed by atoms with Crippen LogP contribution >= 0.6 is 0 Å². The Hall–Kier alpha value is -1.40. The molecule has 1 aliphatic carbocycles. The Labute approximate surface area is 114 Å². The highest BCUT2D eigenvalue weighted by Gasteiger charge is 2.30. The Bertz CT molecular complexity index is 456. The molecule has 1 N–H and O–H groups in total. The largest absolute Gasteiger partial charge is 0.310 e. The molecule has 2 rings (SSSR count). The summed E-state index contributed by atoms with van der Waals surface area (Å²) in [6.07, 6.45) is 4.96. The average molecular weight is 260 g/mol. The van der Waals surface area contributed by atoms with Gasteiger partial charge in [-0.05, 0) is 37.2 Å². The van der Waals surface area contributed by atoms with Gasteiger partial charge in [0.2, 0.25) is 0 Å². The summed E-state index contributed by atoms with van der Waals surface area (Å²) in [6, 6.07) is 9.65. The minimum absolute atomic E-state index is 0.139. The Morgan fingerprint density at radius 3 is 2.68 bits per heavy atom. The third kappa shape index (κ3) is 3.78. The third-order valence-electron chi connectivity index (χ3n) is 4.24. The van der Waals surface area contributed by atoms with Crippen LogP contribution in [0.2, 0.25) is 0 Å². The Balaban J connectivity index is 1.81. The summed E-state index contributed by atoms with van der Waals surface area (Å²) in [6.45, 7) is 2.79. The van der Waals surface area contributed by atoms with E-state index >= 15 is 0 Å². The number of hydrogen-bond donors (Lipinski definition) is 1. The molecule has 1 saturated carbocycles. The second kappa shape index (κ2) is 6.16. The molecule has 0 spiro atoms. The molecule has 0 aliphatic heterocycles. The minimum atomic E-state index is -0.139. The first-order valence-electron chi connectivity index (χ1n) is 6.97. The van der Waals surface area contributed by atoms with E-state index in [2.05, 4.69) is 18.3 Å². The lowest BCUT2D eigenvalue weighted by Gasteiger charge is -2.36. The molecule has 0 bridgehead atoms. The van der Waals surface area contributed by atoms with Crippen molar-refractivity contribution < 1.29 is 4.39 Å². The molecule has 102 valence electrons. The highest BCUT2D eigenvalue weighted by Crippen LogP contribution is 2.38. The van der Waals surface area contributed by atoms with Crippen LogP contribution in [-0.2, 0) is 6.54 Å². The summed E-state index contributed by atoms with van der Waals surface area (Å²) < 4.78 is 13.5. The van der Waals surface area contributed by atoms with Gasteiger partial charge < -0.3 is 5.32 Å². The molecule has 3 heteroatoms. The van der Waals surface area contributed by atoms with Gasteiger partial charge in [0.1, 0.15) is 5.82 Å². The molecule has 0 atom stereocenters. The first-order chi connectivity index (χ1) is 9.13. The van der Waals surface area contributed by atoms with Gasteiger partial charge in [-0.1, -0.05) is 25.1 Å². The molecule has 0 saturated heterocycles. The van der Waals surface area contributed by atoms with Crippen LogP contribution in [0.15, 0.2) is 24.3 Å². The van der Waals surface area contributed by atoms with Gasteiger partial charge in [-0.15, -0.1) is 0 Å². The second-order valence-corrected chi connectivity index (χ2v) is 5.89. The summed E-state index contributed by atoms with van der Waals surface area (Å²) >= 11 is 0. The number of nitriles is 1. The van der Waals surface area contributed by atoms with E-state index in [1.807, 2.05) is 12.1 Å². The van der Waals surface area contributed by atoms with Crippen LogP contribution < -0.4 is 5.32 Å². The number of rotatable bonds is 4. The van der Waals surface area contributed by atoms with Gasteiger partial charge >= 0.3 is 0 Å². The van der Waals surface area contributed by atoms with Crippen LogP contribution in [0.25, 0.3) is 0 Å². The van der Waals surface area contributed by atoms with Crippen molar-refractivity contribution in [3.05, 3.63) is 35.6 Å². The maximum Gasteiger partial charge on any atom is 0.127 e. The SMILES string of the molecule is C[C@]1(CC#N)CC[C@@H](NCc2ccccc2F)CC1. The normalized spacial score (nSPS) is 26.9. The van der Waals surface area contributed by atoms with E-state index < -0.39 is 0 Å². The number of benzene rings is 1. The average Bonchev–Trinajstić information content (AvgIpc) is 2.40. The molecule has 1 aliphatic rings. The number of nitrogens with zero attached hydrogens (tertiary/aromatic N) is 1. The standard InChI is InChI=1S/C16H21FN2/c1-16(10-11-18)8-6-14(7-9-16)19-12-13-4-2-3-5-15(13)17/h2-5,14,19H,6-10,12H2,1H3/t14-,16+. The molecule has 1 aromatic carbocycles. The van der Waals surface area contributed by atoms with E-state index in [-0.39, 0.29) is 11.2 Å². The van der Waals surface area contributed by atoms with Crippen molar-refractivity contribution in [2.75, 3.05) is 0 Å². The molecule has 0 amide bonds. The van der Waals surface area contributed by atoms with Crippen LogP contribution in [-0.4, -0.2) is 6.04 Å². The highest BCUT2D eigenvalue weighted by atomic mass is 19.1. The van der Waals surface area contributed by atoms with Gasteiger partial charge in [-0.3, -0.25) is 0 Å². The Kier molecular flexibility index (Phi) is 4.55. The van der Waals surface area contributed by atoms with Crippen molar-refractivity contribution in [2.24, 2.45) is 5.41 Å². The predicted molar refractivity (Wildman–Crippen MR) is 73.8 cm³/mol. The van der Waals surface area contributed by atoms with E-state index in [1.165, 1.54) is 6.07 Å². The molecule has 2 nitrogen and oxygen atoms in total. The summed E-state index contributed by atoms with van der Waals surface area (Å²) in [5.41, 5.74) is 0.915. The van der Waals surface area contributed by atoms with E-state index in [9.17, 15) is 4.39 Å². The van der Waals surface area contributed by atoms with Crippen LogP contribution in [0.3, 0.4) is 0 Å². The molecule has 0 unspecified atom stereocenters. The Morgan fingerprint density at radius 1 is 1.37 bits per heavy atom. The number of nitrogens with one attached hydrogen (secondary N) is 1. The van der Waals surface area contributed by atoms with Crippen molar-refractivity contribution in [1.82, 2.24) is 5.32 Å². The molecule has 0 aromatic heterocycles. The Morgan fingerprint density at radius 2 is 2.05 bits per heavy atom. The third-order valence-corrected chi connectivity index (χ3v) is 4.24. The molecular formula is C16H21FN2. The first kappa shape index (κ1) is 14.0. The van der Waals surface area contributed by atoms with Gasteiger partial charge in [-0.25, -0.2) is 4.39 Å². The smallest absolute Gasteiger partial charge is 0.127 e. The van der Waals surface area contributed by atoms with E-state index in [0.717, 1.165) is 31.2 Å². The van der Waals surface area contributed by atoms with E-state index in [1.54, 1.807) is 6.07 Å². The summed E-state index contributed by atoms with van der Waals surface area (Å²) in [7, 11) is 0. The quantitative estimate of drug-likeness (QED) is 0.894. The van der Waals surface area contributed by atoms with Gasteiger partial charge in [0.05, 0.1) is 6.07 Å². The molecule has 1 aromatic rings. The van der Waals surface area contributed by atoms with Gasteiger partial charge in [0, 0.05) is 24.6 Å². The fraction of sp³-hybridized carbons (Fsp3) is 0.562.